The summed E-state index contributed by atoms with van der Waals surface area (Å²) in [6, 6.07) is 8.21. The summed E-state index contributed by atoms with van der Waals surface area (Å²) in [5, 5.41) is 1.11. The second-order valence-electron chi connectivity index (χ2n) is 4.62. The molecule has 98 valence electrons. The highest BCUT2D eigenvalue weighted by Gasteiger charge is 2.14. The van der Waals surface area contributed by atoms with Gasteiger partial charge in [0.15, 0.2) is 9.84 Å². The van der Waals surface area contributed by atoms with Crippen molar-refractivity contribution < 1.29 is 8.42 Å². The zero-order valence-corrected chi connectivity index (χ0v) is 11.9. The molecule has 0 aliphatic rings. The smallest absolute Gasteiger partial charge is 0.155 e. The van der Waals surface area contributed by atoms with Gasteiger partial charge in [0.2, 0.25) is 0 Å². The van der Waals surface area contributed by atoms with E-state index >= 15 is 0 Å². The minimum absolute atomic E-state index is 0.130. The van der Waals surface area contributed by atoms with E-state index in [2.05, 4.69) is 29.7 Å². The van der Waals surface area contributed by atoms with Crippen LogP contribution < -0.4 is 0 Å². The van der Waals surface area contributed by atoms with Gasteiger partial charge in [0, 0.05) is 23.5 Å². The molecule has 4 heteroatoms. The minimum Gasteiger partial charge on any atom is -0.344 e. The van der Waals surface area contributed by atoms with Crippen LogP contribution in [0.3, 0.4) is 0 Å². The number of aromatic nitrogens is 1. The Kier molecular flexibility index (Phi) is 3.48. The SMILES string of the molecule is CCn1c(CS(=O)(=O)CC)cc2ccc(C)cc21. The molecule has 0 saturated heterocycles. The Labute approximate surface area is 108 Å². The van der Waals surface area contributed by atoms with Crippen molar-refractivity contribution in [1.29, 1.82) is 0 Å². The van der Waals surface area contributed by atoms with Crippen LogP contribution in [0.15, 0.2) is 24.3 Å². The molecule has 0 fully saturated rings. The van der Waals surface area contributed by atoms with Gasteiger partial charge in [-0.3, -0.25) is 0 Å². The van der Waals surface area contributed by atoms with Crippen molar-refractivity contribution in [2.24, 2.45) is 0 Å². The molecule has 0 bridgehead atoms. The number of sulfone groups is 1. The lowest BCUT2D eigenvalue weighted by Crippen LogP contribution is -2.10. The van der Waals surface area contributed by atoms with E-state index in [0.29, 0.717) is 0 Å². The zero-order chi connectivity index (χ0) is 13.3. The summed E-state index contributed by atoms with van der Waals surface area (Å²) < 4.78 is 25.6. The first-order chi connectivity index (χ1) is 8.46. The molecule has 0 radical (unpaired) electrons. The molecule has 0 N–H and O–H groups in total. The van der Waals surface area contributed by atoms with Crippen molar-refractivity contribution >= 4 is 20.7 Å². The maximum atomic E-state index is 11.8. The predicted molar refractivity (Wildman–Crippen MR) is 75.5 cm³/mol. The monoisotopic (exact) mass is 265 g/mol. The van der Waals surface area contributed by atoms with E-state index in [0.717, 1.165) is 23.1 Å². The molecule has 1 aromatic heterocycles. The quantitative estimate of drug-likeness (QED) is 0.852. The van der Waals surface area contributed by atoms with Crippen molar-refractivity contribution in [2.45, 2.75) is 33.1 Å². The summed E-state index contributed by atoms with van der Waals surface area (Å²) >= 11 is 0. The van der Waals surface area contributed by atoms with Crippen molar-refractivity contribution in [3.05, 3.63) is 35.5 Å². The average Bonchev–Trinajstić information content (AvgIpc) is 2.64. The molecule has 0 aliphatic heterocycles. The molecule has 0 amide bonds. The van der Waals surface area contributed by atoms with E-state index in [4.69, 9.17) is 0 Å². The lowest BCUT2D eigenvalue weighted by molar-refractivity contribution is 0.594. The van der Waals surface area contributed by atoms with E-state index in [1.807, 2.05) is 13.0 Å². The number of hydrogen-bond acceptors (Lipinski definition) is 2. The molecule has 0 unspecified atom stereocenters. The lowest BCUT2D eigenvalue weighted by Gasteiger charge is -2.08. The van der Waals surface area contributed by atoms with Crippen LogP contribution >= 0.6 is 0 Å². The zero-order valence-electron chi connectivity index (χ0n) is 11.1. The van der Waals surface area contributed by atoms with Crippen LogP contribution in [0.4, 0.5) is 0 Å². The maximum Gasteiger partial charge on any atom is 0.155 e. The third-order valence-electron chi connectivity index (χ3n) is 3.27. The van der Waals surface area contributed by atoms with Gasteiger partial charge in [0.1, 0.15) is 0 Å². The first-order valence-electron chi connectivity index (χ1n) is 6.26. The van der Waals surface area contributed by atoms with E-state index in [1.54, 1.807) is 6.92 Å². The van der Waals surface area contributed by atoms with Crippen LogP contribution in [0.1, 0.15) is 25.1 Å². The van der Waals surface area contributed by atoms with Gasteiger partial charge in [-0.15, -0.1) is 0 Å². The van der Waals surface area contributed by atoms with E-state index in [9.17, 15) is 8.42 Å². The first-order valence-corrected chi connectivity index (χ1v) is 8.08. The topological polar surface area (TPSA) is 39.1 Å². The van der Waals surface area contributed by atoms with Gasteiger partial charge in [-0.2, -0.15) is 0 Å². The van der Waals surface area contributed by atoms with Crippen molar-refractivity contribution in [3.8, 4) is 0 Å². The fourth-order valence-corrected chi connectivity index (χ4v) is 3.14. The highest BCUT2D eigenvalue weighted by Crippen LogP contribution is 2.22. The van der Waals surface area contributed by atoms with Gasteiger partial charge in [-0.25, -0.2) is 8.42 Å². The second-order valence-corrected chi connectivity index (χ2v) is 6.97. The van der Waals surface area contributed by atoms with Crippen LogP contribution in [0.5, 0.6) is 0 Å². The van der Waals surface area contributed by atoms with Crippen molar-refractivity contribution in [2.75, 3.05) is 5.75 Å². The van der Waals surface area contributed by atoms with Crippen LogP contribution in [0.2, 0.25) is 0 Å². The van der Waals surface area contributed by atoms with Gasteiger partial charge in [0.25, 0.3) is 0 Å². The Balaban J connectivity index is 2.58. The predicted octanol–water partition coefficient (Wildman–Crippen LogP) is 2.90. The average molecular weight is 265 g/mol. The first kappa shape index (κ1) is 13.1. The van der Waals surface area contributed by atoms with E-state index in [1.165, 1.54) is 5.56 Å². The van der Waals surface area contributed by atoms with Gasteiger partial charge < -0.3 is 4.57 Å². The Morgan fingerprint density at radius 3 is 2.50 bits per heavy atom. The van der Waals surface area contributed by atoms with Gasteiger partial charge >= 0.3 is 0 Å². The fraction of sp³-hybridized carbons (Fsp3) is 0.429. The Hall–Kier alpha value is -1.29. The molecule has 0 saturated carbocycles. The van der Waals surface area contributed by atoms with Gasteiger partial charge in [-0.1, -0.05) is 19.1 Å². The third-order valence-corrected chi connectivity index (χ3v) is 4.88. The molecule has 0 spiro atoms. The molecule has 0 atom stereocenters. The van der Waals surface area contributed by atoms with Crippen molar-refractivity contribution in [3.63, 3.8) is 0 Å². The fourth-order valence-electron chi connectivity index (χ4n) is 2.24. The number of nitrogens with zero attached hydrogens (tertiary/aromatic N) is 1. The normalized spacial score (nSPS) is 12.2. The third kappa shape index (κ3) is 2.43. The largest absolute Gasteiger partial charge is 0.344 e. The summed E-state index contributed by atoms with van der Waals surface area (Å²) in [6.07, 6.45) is 0. The van der Waals surface area contributed by atoms with E-state index in [-0.39, 0.29) is 11.5 Å². The molecule has 1 heterocycles. The molecule has 3 nitrogen and oxygen atoms in total. The summed E-state index contributed by atoms with van der Waals surface area (Å²) in [5.74, 6) is 0.322. The van der Waals surface area contributed by atoms with E-state index < -0.39 is 9.84 Å². The van der Waals surface area contributed by atoms with Crippen molar-refractivity contribution in [1.82, 2.24) is 4.57 Å². The highest BCUT2D eigenvalue weighted by atomic mass is 32.2. The van der Waals surface area contributed by atoms with Gasteiger partial charge in [0.05, 0.1) is 5.75 Å². The number of rotatable bonds is 4. The second kappa shape index (κ2) is 4.76. The van der Waals surface area contributed by atoms with Crippen LogP contribution in [0, 0.1) is 6.92 Å². The summed E-state index contributed by atoms with van der Waals surface area (Å²) in [5.41, 5.74) is 3.21. The Bertz CT molecular complexity index is 668. The summed E-state index contributed by atoms with van der Waals surface area (Å²) in [7, 11) is -2.98. The molecule has 1 aromatic carbocycles. The number of aryl methyl sites for hydroxylation is 2. The minimum atomic E-state index is -2.98. The van der Waals surface area contributed by atoms with Crippen LogP contribution in [-0.2, 0) is 22.1 Å². The Morgan fingerprint density at radius 1 is 1.17 bits per heavy atom. The van der Waals surface area contributed by atoms with Crippen LogP contribution in [-0.4, -0.2) is 18.7 Å². The number of benzene rings is 1. The van der Waals surface area contributed by atoms with Crippen LogP contribution in [0.25, 0.3) is 10.9 Å². The maximum absolute atomic E-state index is 11.8. The number of fused-ring (bicyclic) bond motifs is 1. The molecule has 2 rings (SSSR count). The molecule has 18 heavy (non-hydrogen) atoms. The lowest BCUT2D eigenvalue weighted by atomic mass is 10.2. The summed E-state index contributed by atoms with van der Waals surface area (Å²) in [4.78, 5) is 0. The molecular formula is C14H19NO2S. The number of hydrogen-bond donors (Lipinski definition) is 0. The molecule has 0 aliphatic carbocycles. The Morgan fingerprint density at radius 2 is 1.89 bits per heavy atom. The highest BCUT2D eigenvalue weighted by molar-refractivity contribution is 7.90. The molecular weight excluding hydrogens is 246 g/mol. The standard InChI is InChI=1S/C14H19NO2S/c1-4-15-13(10-18(16,17)5-2)9-12-7-6-11(3)8-14(12)15/h6-9H,4-5,10H2,1-3H3. The molecule has 2 aromatic rings. The summed E-state index contributed by atoms with van der Waals surface area (Å²) in [6.45, 7) is 6.58. The van der Waals surface area contributed by atoms with Gasteiger partial charge in [-0.05, 0) is 36.9 Å².